The minimum Gasteiger partial charge on any atom is -0.372 e. The topological polar surface area (TPSA) is 29.3 Å². The Morgan fingerprint density at radius 3 is 2.46 bits per heavy atom. The summed E-state index contributed by atoms with van der Waals surface area (Å²) in [4.78, 5) is 2.26. The van der Waals surface area contributed by atoms with E-state index in [-0.39, 0.29) is 0 Å². The van der Waals surface area contributed by atoms with Crippen molar-refractivity contribution in [2.75, 3.05) is 18.5 Å². The molecule has 1 aromatic carbocycles. The van der Waals surface area contributed by atoms with E-state index in [9.17, 15) is 0 Å². The van der Waals surface area contributed by atoms with E-state index in [1.807, 2.05) is 6.07 Å². The SMILES string of the molecule is CC(CCN)N(C)c1ccccc1. The van der Waals surface area contributed by atoms with Crippen molar-refractivity contribution in [2.45, 2.75) is 19.4 Å². The van der Waals surface area contributed by atoms with Gasteiger partial charge in [0.2, 0.25) is 0 Å². The Balaban J connectivity index is 2.62. The molecule has 0 amide bonds. The van der Waals surface area contributed by atoms with E-state index in [4.69, 9.17) is 5.73 Å². The van der Waals surface area contributed by atoms with Crippen LogP contribution in [0.1, 0.15) is 13.3 Å². The van der Waals surface area contributed by atoms with Gasteiger partial charge in [0.1, 0.15) is 0 Å². The zero-order chi connectivity index (χ0) is 9.68. The minimum absolute atomic E-state index is 0.507. The van der Waals surface area contributed by atoms with Gasteiger partial charge in [-0.3, -0.25) is 0 Å². The largest absolute Gasteiger partial charge is 0.372 e. The van der Waals surface area contributed by atoms with Crippen LogP contribution in [-0.2, 0) is 0 Å². The Bertz CT molecular complexity index is 233. The van der Waals surface area contributed by atoms with Gasteiger partial charge < -0.3 is 10.6 Å². The maximum absolute atomic E-state index is 5.52. The molecule has 0 aliphatic heterocycles. The number of para-hydroxylation sites is 1. The highest BCUT2D eigenvalue weighted by atomic mass is 15.1. The molecular weight excluding hydrogens is 160 g/mol. The van der Waals surface area contributed by atoms with Crippen LogP contribution in [0.25, 0.3) is 0 Å². The lowest BCUT2D eigenvalue weighted by molar-refractivity contribution is 0.635. The number of nitrogens with two attached hydrogens (primary N) is 1. The average Bonchev–Trinajstić information content (AvgIpc) is 2.18. The molecular formula is C11H18N2. The molecule has 0 aromatic heterocycles. The van der Waals surface area contributed by atoms with Gasteiger partial charge >= 0.3 is 0 Å². The highest BCUT2D eigenvalue weighted by Gasteiger charge is 2.07. The fourth-order valence-corrected chi connectivity index (χ4v) is 1.35. The zero-order valence-electron chi connectivity index (χ0n) is 8.40. The molecule has 0 spiro atoms. The predicted molar refractivity (Wildman–Crippen MR) is 58.0 cm³/mol. The molecule has 2 nitrogen and oxygen atoms in total. The van der Waals surface area contributed by atoms with E-state index < -0.39 is 0 Å². The summed E-state index contributed by atoms with van der Waals surface area (Å²) in [6.45, 7) is 2.94. The third kappa shape index (κ3) is 2.74. The van der Waals surface area contributed by atoms with Crippen LogP contribution in [0.3, 0.4) is 0 Å². The fourth-order valence-electron chi connectivity index (χ4n) is 1.35. The van der Waals surface area contributed by atoms with Crippen molar-refractivity contribution in [1.82, 2.24) is 0 Å². The Hall–Kier alpha value is -1.02. The van der Waals surface area contributed by atoms with Crippen molar-refractivity contribution in [3.05, 3.63) is 30.3 Å². The van der Waals surface area contributed by atoms with Crippen LogP contribution in [-0.4, -0.2) is 19.6 Å². The molecule has 0 fully saturated rings. The summed E-state index contributed by atoms with van der Waals surface area (Å²) < 4.78 is 0. The summed E-state index contributed by atoms with van der Waals surface area (Å²) >= 11 is 0. The molecule has 0 saturated carbocycles. The normalized spacial score (nSPS) is 12.5. The Kier molecular flexibility index (Phi) is 3.77. The average molecular weight is 178 g/mol. The molecule has 0 saturated heterocycles. The monoisotopic (exact) mass is 178 g/mol. The van der Waals surface area contributed by atoms with Gasteiger partial charge in [0.25, 0.3) is 0 Å². The standard InChI is InChI=1S/C11H18N2/c1-10(8-9-12)13(2)11-6-4-3-5-7-11/h3-7,10H,8-9,12H2,1-2H3. The van der Waals surface area contributed by atoms with Crippen molar-refractivity contribution in [3.8, 4) is 0 Å². The number of hydrogen-bond acceptors (Lipinski definition) is 2. The molecule has 0 aliphatic carbocycles. The number of nitrogens with zero attached hydrogens (tertiary/aromatic N) is 1. The number of anilines is 1. The van der Waals surface area contributed by atoms with E-state index in [1.165, 1.54) is 5.69 Å². The van der Waals surface area contributed by atoms with Crippen molar-refractivity contribution in [3.63, 3.8) is 0 Å². The third-order valence-corrected chi connectivity index (χ3v) is 2.41. The van der Waals surface area contributed by atoms with Gasteiger partial charge in [-0.25, -0.2) is 0 Å². The maximum atomic E-state index is 5.52. The van der Waals surface area contributed by atoms with Gasteiger partial charge in [-0.15, -0.1) is 0 Å². The van der Waals surface area contributed by atoms with Gasteiger partial charge in [0.15, 0.2) is 0 Å². The lowest BCUT2D eigenvalue weighted by Gasteiger charge is -2.26. The van der Waals surface area contributed by atoms with E-state index in [0.29, 0.717) is 6.04 Å². The fraction of sp³-hybridized carbons (Fsp3) is 0.455. The van der Waals surface area contributed by atoms with Crippen LogP contribution in [0.4, 0.5) is 5.69 Å². The van der Waals surface area contributed by atoms with Crippen LogP contribution in [0.5, 0.6) is 0 Å². The predicted octanol–water partition coefficient (Wildman–Crippen LogP) is 1.86. The quantitative estimate of drug-likeness (QED) is 0.762. The first-order chi connectivity index (χ1) is 6.25. The van der Waals surface area contributed by atoms with Crippen LogP contribution in [0.15, 0.2) is 30.3 Å². The van der Waals surface area contributed by atoms with E-state index in [0.717, 1.165) is 13.0 Å². The van der Waals surface area contributed by atoms with E-state index in [1.54, 1.807) is 0 Å². The Morgan fingerprint density at radius 1 is 1.31 bits per heavy atom. The highest BCUT2D eigenvalue weighted by Crippen LogP contribution is 2.14. The van der Waals surface area contributed by atoms with Crippen LogP contribution >= 0.6 is 0 Å². The van der Waals surface area contributed by atoms with Crippen molar-refractivity contribution in [1.29, 1.82) is 0 Å². The number of hydrogen-bond donors (Lipinski definition) is 1. The molecule has 0 radical (unpaired) electrons. The first kappa shape index (κ1) is 10.1. The smallest absolute Gasteiger partial charge is 0.0366 e. The van der Waals surface area contributed by atoms with Crippen molar-refractivity contribution in [2.24, 2.45) is 5.73 Å². The molecule has 1 atom stereocenters. The highest BCUT2D eigenvalue weighted by molar-refractivity contribution is 5.45. The van der Waals surface area contributed by atoms with Gasteiger partial charge in [-0.05, 0) is 32.0 Å². The molecule has 0 heterocycles. The second-order valence-electron chi connectivity index (χ2n) is 3.37. The molecule has 2 heteroatoms. The van der Waals surface area contributed by atoms with Crippen molar-refractivity contribution >= 4 is 5.69 Å². The zero-order valence-corrected chi connectivity index (χ0v) is 8.40. The summed E-state index contributed by atoms with van der Waals surface area (Å²) in [5.74, 6) is 0. The molecule has 72 valence electrons. The number of rotatable bonds is 4. The summed E-state index contributed by atoms with van der Waals surface area (Å²) in [6, 6.07) is 10.9. The Morgan fingerprint density at radius 2 is 1.92 bits per heavy atom. The lowest BCUT2D eigenvalue weighted by Crippen LogP contribution is -2.30. The van der Waals surface area contributed by atoms with Gasteiger partial charge in [-0.2, -0.15) is 0 Å². The second-order valence-corrected chi connectivity index (χ2v) is 3.37. The third-order valence-electron chi connectivity index (χ3n) is 2.41. The van der Waals surface area contributed by atoms with Crippen LogP contribution in [0.2, 0.25) is 0 Å². The maximum Gasteiger partial charge on any atom is 0.0366 e. The van der Waals surface area contributed by atoms with E-state index >= 15 is 0 Å². The van der Waals surface area contributed by atoms with E-state index in [2.05, 4.69) is 43.1 Å². The minimum atomic E-state index is 0.507. The van der Waals surface area contributed by atoms with Crippen LogP contribution < -0.4 is 10.6 Å². The second kappa shape index (κ2) is 4.87. The summed E-state index contributed by atoms with van der Waals surface area (Å²) in [5, 5.41) is 0. The molecule has 2 N–H and O–H groups in total. The molecule has 1 rings (SSSR count). The molecule has 0 aliphatic rings. The first-order valence-electron chi connectivity index (χ1n) is 4.73. The van der Waals surface area contributed by atoms with Crippen LogP contribution in [0, 0.1) is 0 Å². The molecule has 1 aromatic rings. The summed E-state index contributed by atoms with van der Waals surface area (Å²) in [7, 11) is 2.11. The van der Waals surface area contributed by atoms with Crippen molar-refractivity contribution < 1.29 is 0 Å². The number of benzene rings is 1. The van der Waals surface area contributed by atoms with Gasteiger partial charge in [0, 0.05) is 18.8 Å². The summed E-state index contributed by atoms with van der Waals surface area (Å²) in [6.07, 6.45) is 1.03. The first-order valence-corrected chi connectivity index (χ1v) is 4.73. The van der Waals surface area contributed by atoms with Gasteiger partial charge in [-0.1, -0.05) is 18.2 Å². The van der Waals surface area contributed by atoms with Gasteiger partial charge in [0.05, 0.1) is 0 Å². The Labute approximate surface area is 80.4 Å². The summed E-state index contributed by atoms with van der Waals surface area (Å²) in [5.41, 5.74) is 6.77. The lowest BCUT2D eigenvalue weighted by atomic mass is 10.2. The molecule has 13 heavy (non-hydrogen) atoms. The molecule has 0 bridgehead atoms. The molecule has 1 unspecified atom stereocenters.